The number of aromatic nitrogens is 1. The lowest BCUT2D eigenvalue weighted by atomic mass is 9.91. The summed E-state index contributed by atoms with van der Waals surface area (Å²) >= 11 is 0. The third-order valence-corrected chi connectivity index (χ3v) is 5.40. The van der Waals surface area contributed by atoms with Gasteiger partial charge < -0.3 is 19.5 Å². The molecule has 0 unspecified atom stereocenters. The van der Waals surface area contributed by atoms with Gasteiger partial charge in [0.25, 0.3) is 5.91 Å². The van der Waals surface area contributed by atoms with Crippen LogP contribution in [0.5, 0.6) is 11.5 Å². The molecule has 0 bridgehead atoms. The van der Waals surface area contributed by atoms with E-state index in [-0.39, 0.29) is 25.2 Å². The first-order valence-electron chi connectivity index (χ1n) is 10.1. The van der Waals surface area contributed by atoms with Crippen molar-refractivity contribution in [3.63, 3.8) is 0 Å². The van der Waals surface area contributed by atoms with Gasteiger partial charge in [-0.15, -0.1) is 0 Å². The summed E-state index contributed by atoms with van der Waals surface area (Å²) in [5.74, 6) is 1.19. The standard InChI is InChI=1S/C24H26N2O4/c1-17-14-21(19-10-6-7-11-20(19)25-17)29-15-23(27)26-13-12-22(24(2,28)16-26)30-18-8-4-3-5-9-18/h3-11,14,22,28H,12-13,15-16H2,1-2H3/t22-,24-/m0/s1. The lowest BCUT2D eigenvalue weighted by molar-refractivity contribution is -0.147. The maximum atomic E-state index is 12.8. The van der Waals surface area contributed by atoms with Gasteiger partial charge in [-0.2, -0.15) is 0 Å². The van der Waals surface area contributed by atoms with Gasteiger partial charge in [0.05, 0.1) is 12.1 Å². The minimum Gasteiger partial charge on any atom is -0.487 e. The largest absolute Gasteiger partial charge is 0.487 e. The molecule has 1 amide bonds. The maximum Gasteiger partial charge on any atom is 0.260 e. The normalized spacial score (nSPS) is 21.4. The highest BCUT2D eigenvalue weighted by atomic mass is 16.5. The lowest BCUT2D eigenvalue weighted by Crippen LogP contribution is -2.59. The van der Waals surface area contributed by atoms with Crippen LogP contribution in [0.3, 0.4) is 0 Å². The Morgan fingerprint density at radius 3 is 2.70 bits per heavy atom. The van der Waals surface area contributed by atoms with Crippen molar-refractivity contribution >= 4 is 16.8 Å². The van der Waals surface area contributed by atoms with Crippen LogP contribution in [0.1, 0.15) is 19.0 Å². The summed E-state index contributed by atoms with van der Waals surface area (Å²) in [6.07, 6.45) is 0.168. The van der Waals surface area contributed by atoms with Gasteiger partial charge in [-0.25, -0.2) is 0 Å². The van der Waals surface area contributed by atoms with E-state index in [1.165, 1.54) is 0 Å². The molecule has 0 radical (unpaired) electrons. The fourth-order valence-corrected chi connectivity index (χ4v) is 3.83. The van der Waals surface area contributed by atoms with E-state index in [0.29, 0.717) is 24.5 Å². The van der Waals surface area contributed by atoms with Crippen molar-refractivity contribution in [1.82, 2.24) is 9.88 Å². The number of carbonyl (C=O) groups is 1. The van der Waals surface area contributed by atoms with E-state index in [0.717, 1.165) is 16.6 Å². The molecule has 6 nitrogen and oxygen atoms in total. The number of likely N-dealkylation sites (tertiary alicyclic amines) is 1. The van der Waals surface area contributed by atoms with Crippen molar-refractivity contribution in [3.05, 3.63) is 66.4 Å². The van der Waals surface area contributed by atoms with E-state index in [1.54, 1.807) is 11.8 Å². The highest BCUT2D eigenvalue weighted by Crippen LogP contribution is 2.28. The molecule has 1 saturated heterocycles. The second-order valence-electron chi connectivity index (χ2n) is 7.95. The number of hydrogen-bond donors (Lipinski definition) is 1. The van der Waals surface area contributed by atoms with Gasteiger partial charge in [-0.3, -0.25) is 9.78 Å². The molecule has 6 heteroatoms. The van der Waals surface area contributed by atoms with Gasteiger partial charge in [0, 0.05) is 30.1 Å². The zero-order valence-corrected chi connectivity index (χ0v) is 17.2. The Bertz CT molecular complexity index is 1040. The molecule has 156 valence electrons. The molecule has 2 heterocycles. The third-order valence-electron chi connectivity index (χ3n) is 5.40. The Balaban J connectivity index is 1.39. The summed E-state index contributed by atoms with van der Waals surface area (Å²) in [4.78, 5) is 18.9. The number of benzene rings is 2. The van der Waals surface area contributed by atoms with Crippen molar-refractivity contribution in [3.8, 4) is 11.5 Å². The second kappa shape index (κ2) is 8.32. The molecule has 0 aliphatic carbocycles. The predicted molar refractivity (Wildman–Crippen MR) is 115 cm³/mol. The summed E-state index contributed by atoms with van der Waals surface area (Å²) in [6, 6.07) is 19.0. The average Bonchev–Trinajstić information content (AvgIpc) is 2.73. The van der Waals surface area contributed by atoms with Gasteiger partial charge in [-0.1, -0.05) is 30.3 Å². The van der Waals surface area contributed by atoms with E-state index in [9.17, 15) is 9.90 Å². The summed E-state index contributed by atoms with van der Waals surface area (Å²) in [5, 5.41) is 11.8. The lowest BCUT2D eigenvalue weighted by Gasteiger charge is -2.42. The topological polar surface area (TPSA) is 71.9 Å². The van der Waals surface area contributed by atoms with Crippen molar-refractivity contribution in [2.24, 2.45) is 0 Å². The number of rotatable bonds is 5. The number of ether oxygens (including phenoxy) is 2. The third kappa shape index (κ3) is 4.39. The van der Waals surface area contributed by atoms with Gasteiger partial charge in [-0.05, 0) is 38.1 Å². The molecule has 0 spiro atoms. The fraction of sp³-hybridized carbons (Fsp3) is 0.333. The Morgan fingerprint density at radius 2 is 1.93 bits per heavy atom. The first-order chi connectivity index (χ1) is 14.4. The van der Waals surface area contributed by atoms with Crippen LogP contribution >= 0.6 is 0 Å². The molecule has 1 fully saturated rings. The average molecular weight is 406 g/mol. The smallest absolute Gasteiger partial charge is 0.260 e. The molecule has 3 aromatic rings. The molecule has 1 N–H and O–H groups in total. The number of fused-ring (bicyclic) bond motifs is 1. The van der Waals surface area contributed by atoms with E-state index in [1.807, 2.05) is 67.6 Å². The van der Waals surface area contributed by atoms with Crippen molar-refractivity contribution in [1.29, 1.82) is 0 Å². The van der Waals surface area contributed by atoms with Crippen LogP contribution in [-0.4, -0.2) is 52.3 Å². The highest BCUT2D eigenvalue weighted by molar-refractivity contribution is 5.86. The van der Waals surface area contributed by atoms with Crippen molar-refractivity contribution < 1.29 is 19.4 Å². The number of aryl methyl sites for hydroxylation is 1. The second-order valence-corrected chi connectivity index (χ2v) is 7.95. The Labute approximate surface area is 176 Å². The number of carbonyl (C=O) groups excluding carboxylic acids is 1. The van der Waals surface area contributed by atoms with Crippen LogP contribution in [0.2, 0.25) is 0 Å². The number of aliphatic hydroxyl groups is 1. The van der Waals surface area contributed by atoms with Crippen LogP contribution < -0.4 is 9.47 Å². The molecule has 0 saturated carbocycles. The highest BCUT2D eigenvalue weighted by Gasteiger charge is 2.41. The summed E-state index contributed by atoms with van der Waals surface area (Å²) in [7, 11) is 0. The number of para-hydroxylation sites is 2. The number of hydrogen-bond acceptors (Lipinski definition) is 5. The SMILES string of the molecule is Cc1cc(OCC(=O)N2CC[C@H](Oc3ccccc3)[C@@](C)(O)C2)c2ccccc2n1. The number of β-amino-alcohol motifs (C(OH)–C–C–N with tert-alkyl or cyclic N) is 1. The Kier molecular flexibility index (Phi) is 5.59. The summed E-state index contributed by atoms with van der Waals surface area (Å²) < 4.78 is 11.8. The monoisotopic (exact) mass is 406 g/mol. The molecule has 1 aliphatic heterocycles. The molecular weight excluding hydrogens is 380 g/mol. The quantitative estimate of drug-likeness (QED) is 0.704. The van der Waals surface area contributed by atoms with Gasteiger partial charge >= 0.3 is 0 Å². The van der Waals surface area contributed by atoms with E-state index in [2.05, 4.69) is 4.98 Å². The molecule has 1 aromatic heterocycles. The van der Waals surface area contributed by atoms with Crippen LogP contribution in [0.25, 0.3) is 10.9 Å². The maximum absolute atomic E-state index is 12.8. The molecule has 1 aliphatic rings. The van der Waals surface area contributed by atoms with Crippen molar-refractivity contribution in [2.45, 2.75) is 32.0 Å². The first kappa shape index (κ1) is 20.2. The van der Waals surface area contributed by atoms with Crippen LogP contribution in [0, 0.1) is 6.92 Å². The van der Waals surface area contributed by atoms with E-state index in [4.69, 9.17) is 9.47 Å². The minimum absolute atomic E-state index is 0.0895. The molecule has 2 aromatic carbocycles. The number of piperidine rings is 1. The van der Waals surface area contributed by atoms with E-state index < -0.39 is 5.60 Å². The zero-order valence-electron chi connectivity index (χ0n) is 17.2. The summed E-state index contributed by atoms with van der Waals surface area (Å²) in [5.41, 5.74) is 0.517. The van der Waals surface area contributed by atoms with Crippen molar-refractivity contribution in [2.75, 3.05) is 19.7 Å². The molecule has 30 heavy (non-hydrogen) atoms. The minimum atomic E-state index is -1.15. The number of pyridine rings is 1. The Hall–Kier alpha value is -3.12. The summed E-state index contributed by atoms with van der Waals surface area (Å²) in [6.45, 7) is 4.22. The molecule has 4 rings (SSSR count). The molecular formula is C24H26N2O4. The van der Waals surface area contributed by atoms with E-state index >= 15 is 0 Å². The Morgan fingerprint density at radius 1 is 1.20 bits per heavy atom. The fourth-order valence-electron chi connectivity index (χ4n) is 3.83. The number of amides is 1. The first-order valence-corrected chi connectivity index (χ1v) is 10.1. The van der Waals surface area contributed by atoms with Gasteiger partial charge in [0.15, 0.2) is 6.61 Å². The van der Waals surface area contributed by atoms with Crippen LogP contribution in [0.4, 0.5) is 0 Å². The van der Waals surface area contributed by atoms with Gasteiger partial charge in [0.2, 0.25) is 0 Å². The number of nitrogens with zero attached hydrogens (tertiary/aromatic N) is 2. The van der Waals surface area contributed by atoms with Crippen LogP contribution in [-0.2, 0) is 4.79 Å². The van der Waals surface area contributed by atoms with Crippen LogP contribution in [0.15, 0.2) is 60.7 Å². The zero-order chi connectivity index (χ0) is 21.1. The predicted octanol–water partition coefficient (Wildman–Crippen LogP) is 3.35. The molecule has 2 atom stereocenters. The van der Waals surface area contributed by atoms with Gasteiger partial charge in [0.1, 0.15) is 23.2 Å².